The van der Waals surface area contributed by atoms with Gasteiger partial charge in [0.15, 0.2) is 0 Å². The zero-order valence-electron chi connectivity index (χ0n) is 10.1. The van der Waals surface area contributed by atoms with Crippen molar-refractivity contribution in [3.63, 3.8) is 0 Å². The lowest BCUT2D eigenvalue weighted by Crippen LogP contribution is -2.12. The van der Waals surface area contributed by atoms with E-state index in [2.05, 4.69) is 14.9 Å². The summed E-state index contributed by atoms with van der Waals surface area (Å²) in [4.78, 5) is 4.31. The third kappa shape index (κ3) is 2.65. The lowest BCUT2D eigenvalue weighted by Gasteiger charge is -2.10. The molecule has 2 aromatic rings. The molecule has 0 aliphatic heterocycles. The predicted molar refractivity (Wildman–Crippen MR) is 66.9 cm³/mol. The molecule has 4 heteroatoms. The summed E-state index contributed by atoms with van der Waals surface area (Å²) in [6, 6.07) is 7.32. The maximum absolute atomic E-state index is 9.45. The molecule has 4 nitrogen and oxygen atoms in total. The fourth-order valence-electron chi connectivity index (χ4n) is 1.89. The quantitative estimate of drug-likeness (QED) is 0.841. The molecule has 1 heterocycles. The van der Waals surface area contributed by atoms with Crippen LogP contribution < -0.4 is 5.32 Å². The number of phenols is 1. The first-order valence-electron chi connectivity index (χ1n) is 5.64. The van der Waals surface area contributed by atoms with Crippen LogP contribution in [0.2, 0.25) is 0 Å². The van der Waals surface area contributed by atoms with Crippen LogP contribution in [-0.4, -0.2) is 21.7 Å². The SMILES string of the molecule is CNCc1cnc(C)n1Cc1cccc(O)c1. The van der Waals surface area contributed by atoms with Crippen LogP contribution in [0.4, 0.5) is 0 Å². The smallest absolute Gasteiger partial charge is 0.115 e. The minimum Gasteiger partial charge on any atom is -0.508 e. The molecule has 0 spiro atoms. The average Bonchev–Trinajstić information content (AvgIpc) is 2.62. The molecule has 1 aromatic carbocycles. The summed E-state index contributed by atoms with van der Waals surface area (Å²) >= 11 is 0. The molecule has 1 aromatic heterocycles. The third-order valence-corrected chi connectivity index (χ3v) is 2.75. The lowest BCUT2D eigenvalue weighted by atomic mass is 10.2. The van der Waals surface area contributed by atoms with Crippen LogP contribution in [0.15, 0.2) is 30.5 Å². The van der Waals surface area contributed by atoms with Gasteiger partial charge in [0, 0.05) is 19.3 Å². The van der Waals surface area contributed by atoms with Crippen molar-refractivity contribution in [1.82, 2.24) is 14.9 Å². The molecule has 0 atom stereocenters. The second-order valence-corrected chi connectivity index (χ2v) is 4.08. The maximum Gasteiger partial charge on any atom is 0.115 e. The number of hydrogen-bond acceptors (Lipinski definition) is 3. The monoisotopic (exact) mass is 231 g/mol. The van der Waals surface area contributed by atoms with Gasteiger partial charge in [0.05, 0.1) is 5.69 Å². The molecule has 0 saturated heterocycles. The Labute approximate surface area is 101 Å². The first-order chi connectivity index (χ1) is 8.20. The standard InChI is InChI=1S/C13H17N3O/c1-10-15-8-12(7-14-2)16(10)9-11-4-3-5-13(17)6-11/h3-6,8,14,17H,7,9H2,1-2H3. The first kappa shape index (κ1) is 11.7. The molecule has 90 valence electrons. The zero-order valence-corrected chi connectivity index (χ0v) is 10.1. The summed E-state index contributed by atoms with van der Waals surface area (Å²) < 4.78 is 2.14. The topological polar surface area (TPSA) is 50.1 Å². The van der Waals surface area contributed by atoms with Crippen molar-refractivity contribution in [1.29, 1.82) is 0 Å². The molecule has 0 radical (unpaired) electrons. The number of aromatic nitrogens is 2. The van der Waals surface area contributed by atoms with Crippen LogP contribution in [0.3, 0.4) is 0 Å². The maximum atomic E-state index is 9.45. The number of nitrogens with one attached hydrogen (secondary N) is 1. The van der Waals surface area contributed by atoms with E-state index >= 15 is 0 Å². The van der Waals surface area contributed by atoms with E-state index in [1.165, 1.54) is 0 Å². The normalized spacial score (nSPS) is 10.7. The minimum absolute atomic E-state index is 0.301. The predicted octanol–water partition coefficient (Wildman–Crippen LogP) is 1.66. The molecule has 0 saturated carbocycles. The summed E-state index contributed by atoms with van der Waals surface area (Å²) in [6.07, 6.45) is 1.88. The van der Waals surface area contributed by atoms with E-state index in [-0.39, 0.29) is 0 Å². The Morgan fingerprint density at radius 3 is 2.94 bits per heavy atom. The van der Waals surface area contributed by atoms with Gasteiger partial charge in [0.25, 0.3) is 0 Å². The van der Waals surface area contributed by atoms with Crippen molar-refractivity contribution in [3.8, 4) is 5.75 Å². The summed E-state index contributed by atoms with van der Waals surface area (Å²) in [5, 5.41) is 12.6. The number of aryl methyl sites for hydroxylation is 1. The number of imidazole rings is 1. The van der Waals surface area contributed by atoms with E-state index < -0.39 is 0 Å². The van der Waals surface area contributed by atoms with E-state index in [1.807, 2.05) is 32.3 Å². The summed E-state index contributed by atoms with van der Waals surface area (Å²) in [7, 11) is 1.92. The summed E-state index contributed by atoms with van der Waals surface area (Å²) in [5.41, 5.74) is 2.22. The highest BCUT2D eigenvalue weighted by Crippen LogP contribution is 2.14. The Morgan fingerprint density at radius 2 is 2.24 bits per heavy atom. The Morgan fingerprint density at radius 1 is 1.41 bits per heavy atom. The van der Waals surface area contributed by atoms with E-state index in [1.54, 1.807) is 12.1 Å². The third-order valence-electron chi connectivity index (χ3n) is 2.75. The van der Waals surface area contributed by atoms with Crippen molar-refractivity contribution in [3.05, 3.63) is 47.5 Å². The number of rotatable bonds is 4. The van der Waals surface area contributed by atoms with Crippen molar-refractivity contribution >= 4 is 0 Å². The van der Waals surface area contributed by atoms with E-state index in [4.69, 9.17) is 0 Å². The Hall–Kier alpha value is -1.81. The summed E-state index contributed by atoms with van der Waals surface area (Å²) in [5.74, 6) is 1.29. The summed E-state index contributed by atoms with van der Waals surface area (Å²) in [6.45, 7) is 3.51. The number of aromatic hydroxyl groups is 1. The largest absolute Gasteiger partial charge is 0.508 e. The van der Waals surface area contributed by atoms with Gasteiger partial charge in [-0.1, -0.05) is 12.1 Å². The van der Waals surface area contributed by atoms with E-state index in [9.17, 15) is 5.11 Å². The number of phenolic OH excluding ortho intramolecular Hbond substituents is 1. The Bertz CT molecular complexity index is 505. The lowest BCUT2D eigenvalue weighted by molar-refractivity contribution is 0.474. The average molecular weight is 231 g/mol. The van der Waals surface area contributed by atoms with Crippen LogP contribution in [0.5, 0.6) is 5.75 Å². The second-order valence-electron chi connectivity index (χ2n) is 4.08. The molecule has 2 N–H and O–H groups in total. The van der Waals surface area contributed by atoms with Crippen molar-refractivity contribution < 1.29 is 5.11 Å². The molecule has 0 aliphatic carbocycles. The van der Waals surface area contributed by atoms with Crippen LogP contribution in [0.25, 0.3) is 0 Å². The van der Waals surface area contributed by atoms with Gasteiger partial charge in [-0.2, -0.15) is 0 Å². The fraction of sp³-hybridized carbons (Fsp3) is 0.308. The zero-order chi connectivity index (χ0) is 12.3. The van der Waals surface area contributed by atoms with Crippen LogP contribution >= 0.6 is 0 Å². The van der Waals surface area contributed by atoms with Crippen molar-refractivity contribution in [2.45, 2.75) is 20.0 Å². The van der Waals surface area contributed by atoms with Gasteiger partial charge in [0.1, 0.15) is 11.6 Å². The molecule has 0 amide bonds. The van der Waals surface area contributed by atoms with Crippen molar-refractivity contribution in [2.75, 3.05) is 7.05 Å². The van der Waals surface area contributed by atoms with Crippen LogP contribution in [-0.2, 0) is 13.1 Å². The molecular weight excluding hydrogens is 214 g/mol. The number of hydrogen-bond donors (Lipinski definition) is 2. The van der Waals surface area contributed by atoms with E-state index in [0.29, 0.717) is 5.75 Å². The number of benzene rings is 1. The fourth-order valence-corrected chi connectivity index (χ4v) is 1.89. The Balaban J connectivity index is 2.26. The number of nitrogens with zero attached hydrogens (tertiary/aromatic N) is 2. The molecule has 2 rings (SSSR count). The van der Waals surface area contributed by atoms with E-state index in [0.717, 1.165) is 30.2 Å². The van der Waals surface area contributed by atoms with Gasteiger partial charge in [-0.25, -0.2) is 4.98 Å². The Kier molecular flexibility index (Phi) is 3.44. The van der Waals surface area contributed by atoms with Gasteiger partial charge < -0.3 is 15.0 Å². The molecule has 0 fully saturated rings. The van der Waals surface area contributed by atoms with Gasteiger partial charge in [-0.15, -0.1) is 0 Å². The van der Waals surface area contributed by atoms with Gasteiger partial charge in [-0.05, 0) is 31.7 Å². The minimum atomic E-state index is 0.301. The molecule has 0 bridgehead atoms. The second kappa shape index (κ2) is 5.01. The molecule has 17 heavy (non-hydrogen) atoms. The molecule has 0 unspecified atom stereocenters. The van der Waals surface area contributed by atoms with Crippen LogP contribution in [0, 0.1) is 6.92 Å². The highest BCUT2D eigenvalue weighted by Gasteiger charge is 2.06. The van der Waals surface area contributed by atoms with Crippen molar-refractivity contribution in [2.24, 2.45) is 0 Å². The molecular formula is C13H17N3O. The highest BCUT2D eigenvalue weighted by atomic mass is 16.3. The van der Waals surface area contributed by atoms with Gasteiger partial charge in [0.2, 0.25) is 0 Å². The van der Waals surface area contributed by atoms with Crippen LogP contribution in [0.1, 0.15) is 17.1 Å². The molecule has 0 aliphatic rings. The first-order valence-corrected chi connectivity index (χ1v) is 5.64. The van der Waals surface area contributed by atoms with Gasteiger partial charge >= 0.3 is 0 Å². The highest BCUT2D eigenvalue weighted by molar-refractivity contribution is 5.27. The van der Waals surface area contributed by atoms with Gasteiger partial charge in [-0.3, -0.25) is 0 Å².